The zero-order valence-electron chi connectivity index (χ0n) is 5.61. The van der Waals surface area contributed by atoms with Crippen molar-refractivity contribution in [3.05, 3.63) is 11.6 Å². The largest absolute Gasteiger partial charge is 0.355 e. The number of rotatable bonds is 1. The Labute approximate surface area is 56.4 Å². The number of allylic oxidation sites excluding steroid dienone is 1. The van der Waals surface area contributed by atoms with Crippen LogP contribution in [-0.4, -0.2) is 13.0 Å². The van der Waals surface area contributed by atoms with Gasteiger partial charge in [0.2, 0.25) is 5.91 Å². The number of hydrogen-bond donors (Lipinski definition) is 1. The van der Waals surface area contributed by atoms with Crippen molar-refractivity contribution in [2.45, 2.75) is 19.3 Å². The van der Waals surface area contributed by atoms with Crippen LogP contribution in [0.2, 0.25) is 0 Å². The third kappa shape index (κ3) is 1.31. The van der Waals surface area contributed by atoms with E-state index in [0.29, 0.717) is 0 Å². The molecule has 52 valence electrons. The van der Waals surface area contributed by atoms with Gasteiger partial charge in [0.1, 0.15) is 0 Å². The van der Waals surface area contributed by atoms with E-state index in [2.05, 4.69) is 5.32 Å². The maximum Gasteiger partial charge on any atom is 0.246 e. The minimum atomic E-state index is 0. The van der Waals surface area contributed by atoms with Gasteiger partial charge >= 0.3 is 0 Å². The molecule has 9 heavy (non-hydrogen) atoms. The van der Waals surface area contributed by atoms with Gasteiger partial charge in [0.15, 0.2) is 0 Å². The molecule has 0 aliphatic heterocycles. The molecule has 0 aromatic heterocycles. The summed E-state index contributed by atoms with van der Waals surface area (Å²) in [6.45, 7) is 0. The molecule has 0 bridgehead atoms. The van der Waals surface area contributed by atoms with Crippen molar-refractivity contribution in [1.82, 2.24) is 5.32 Å². The van der Waals surface area contributed by atoms with E-state index in [1.165, 1.54) is 0 Å². The smallest absolute Gasteiger partial charge is 0.246 e. The number of carbonyl (C=O) groups excluding carboxylic acids is 1. The van der Waals surface area contributed by atoms with Crippen LogP contribution in [0.1, 0.15) is 20.7 Å². The second-order valence-electron chi connectivity index (χ2n) is 2.20. The van der Waals surface area contributed by atoms with Gasteiger partial charge in [0, 0.05) is 14.0 Å². The summed E-state index contributed by atoms with van der Waals surface area (Å²) in [6.07, 6.45) is 5.18. The van der Waals surface area contributed by atoms with Crippen molar-refractivity contribution >= 4 is 5.91 Å². The van der Waals surface area contributed by atoms with E-state index in [-0.39, 0.29) is 7.33 Å². The Morgan fingerprint density at radius 1 is 1.89 bits per heavy atom. The van der Waals surface area contributed by atoms with E-state index in [0.717, 1.165) is 24.8 Å². The molecular formula is C7H13NO. The average Bonchev–Trinajstić information content (AvgIpc) is 2.37. The summed E-state index contributed by atoms with van der Waals surface area (Å²) in [5.41, 5.74) is 0.956. The fraction of sp³-hybridized carbons (Fsp3) is 0.571. The van der Waals surface area contributed by atoms with E-state index >= 15 is 0 Å². The summed E-state index contributed by atoms with van der Waals surface area (Å²) >= 11 is 0. The van der Waals surface area contributed by atoms with Crippen LogP contribution in [0.4, 0.5) is 0 Å². The van der Waals surface area contributed by atoms with E-state index in [9.17, 15) is 4.79 Å². The predicted octanol–water partition coefficient (Wildman–Crippen LogP) is 1.09. The Kier molecular flexibility index (Phi) is 1.88. The van der Waals surface area contributed by atoms with Crippen LogP contribution in [0.5, 0.6) is 0 Å². The molecule has 1 amide bonds. The molecule has 2 heteroatoms. The summed E-state index contributed by atoms with van der Waals surface area (Å²) in [5, 5.41) is 2.60. The molecule has 0 spiro atoms. The molecule has 0 saturated heterocycles. The summed E-state index contributed by atoms with van der Waals surface area (Å²) in [4.78, 5) is 10.8. The number of carbonyl (C=O) groups is 1. The van der Waals surface area contributed by atoms with Gasteiger partial charge in [-0.25, -0.2) is 0 Å². The maximum absolute atomic E-state index is 10.8. The predicted molar refractivity (Wildman–Crippen MR) is 38.1 cm³/mol. The molecule has 0 aromatic carbocycles. The molecule has 2 nitrogen and oxygen atoms in total. The van der Waals surface area contributed by atoms with Crippen molar-refractivity contribution in [1.29, 1.82) is 0 Å². The minimum Gasteiger partial charge on any atom is -0.355 e. The van der Waals surface area contributed by atoms with Crippen LogP contribution in [0.3, 0.4) is 0 Å². The van der Waals surface area contributed by atoms with Gasteiger partial charge < -0.3 is 5.32 Å². The molecule has 1 aliphatic rings. The second-order valence-corrected chi connectivity index (χ2v) is 2.20. The van der Waals surface area contributed by atoms with E-state index < -0.39 is 0 Å². The fourth-order valence-electron chi connectivity index (χ4n) is 1.04. The van der Waals surface area contributed by atoms with Crippen molar-refractivity contribution in [2.24, 2.45) is 0 Å². The van der Waals surface area contributed by atoms with Crippen LogP contribution in [0, 0.1) is 0 Å². The highest BCUT2D eigenvalue weighted by Gasteiger charge is 2.10. The maximum atomic E-state index is 10.8. The van der Waals surface area contributed by atoms with Crippen LogP contribution < -0.4 is 5.32 Å². The fourth-order valence-corrected chi connectivity index (χ4v) is 1.04. The summed E-state index contributed by atoms with van der Waals surface area (Å²) in [5.74, 6) is 0.0903. The molecule has 0 atom stereocenters. The Hall–Kier alpha value is -0.790. The standard InChI is InChI=1S/C7H11NO.H2/c1-8-7(9)6-4-2-3-5-6;/h4H,2-3,5H2,1H3,(H,8,9);1H. The Morgan fingerprint density at radius 2 is 2.67 bits per heavy atom. The molecule has 1 aliphatic carbocycles. The minimum absolute atomic E-state index is 0. The molecule has 0 unspecified atom stereocenters. The number of likely N-dealkylation sites (N-methyl/N-ethyl adjacent to an activating group) is 1. The lowest BCUT2D eigenvalue weighted by Gasteiger charge is -1.96. The normalized spacial score (nSPS) is 17.2. The zero-order valence-corrected chi connectivity index (χ0v) is 5.61. The van der Waals surface area contributed by atoms with Gasteiger partial charge in [0.25, 0.3) is 0 Å². The molecule has 0 radical (unpaired) electrons. The highest BCUT2D eigenvalue weighted by molar-refractivity contribution is 5.93. The zero-order chi connectivity index (χ0) is 6.69. The second kappa shape index (κ2) is 2.67. The van der Waals surface area contributed by atoms with Gasteiger partial charge in [0.05, 0.1) is 0 Å². The Morgan fingerprint density at radius 3 is 3.11 bits per heavy atom. The molecule has 0 fully saturated rings. The third-order valence-corrected chi connectivity index (χ3v) is 1.56. The first-order valence-electron chi connectivity index (χ1n) is 3.25. The van der Waals surface area contributed by atoms with Crippen LogP contribution in [-0.2, 0) is 4.79 Å². The molecule has 1 N–H and O–H groups in total. The van der Waals surface area contributed by atoms with Crippen molar-refractivity contribution in [3.63, 3.8) is 0 Å². The van der Waals surface area contributed by atoms with Gasteiger partial charge in [-0.1, -0.05) is 6.08 Å². The highest BCUT2D eigenvalue weighted by atomic mass is 16.1. The van der Waals surface area contributed by atoms with Crippen molar-refractivity contribution in [3.8, 4) is 0 Å². The Balaban J connectivity index is 0.000000810. The monoisotopic (exact) mass is 127 g/mol. The van der Waals surface area contributed by atoms with Gasteiger partial charge in [-0.05, 0) is 19.3 Å². The first kappa shape index (κ1) is 6.33. The summed E-state index contributed by atoms with van der Waals surface area (Å²) in [6, 6.07) is 0. The van der Waals surface area contributed by atoms with Gasteiger partial charge in [-0.15, -0.1) is 0 Å². The van der Waals surface area contributed by atoms with Crippen LogP contribution >= 0.6 is 0 Å². The topological polar surface area (TPSA) is 29.1 Å². The molecule has 1 rings (SSSR count). The first-order valence-corrected chi connectivity index (χ1v) is 3.25. The lowest BCUT2D eigenvalue weighted by Crippen LogP contribution is -2.18. The van der Waals surface area contributed by atoms with Gasteiger partial charge in [-0.3, -0.25) is 4.79 Å². The third-order valence-electron chi connectivity index (χ3n) is 1.56. The van der Waals surface area contributed by atoms with Crippen LogP contribution in [0.15, 0.2) is 11.6 Å². The lowest BCUT2D eigenvalue weighted by atomic mass is 10.2. The van der Waals surface area contributed by atoms with Crippen LogP contribution in [0.25, 0.3) is 0 Å². The van der Waals surface area contributed by atoms with Crippen molar-refractivity contribution < 1.29 is 6.22 Å². The lowest BCUT2D eigenvalue weighted by molar-refractivity contribution is -0.117. The summed E-state index contributed by atoms with van der Waals surface area (Å²) < 4.78 is 0. The van der Waals surface area contributed by atoms with E-state index in [1.807, 2.05) is 6.08 Å². The molecular weight excluding hydrogens is 114 g/mol. The summed E-state index contributed by atoms with van der Waals surface area (Å²) in [7, 11) is 1.67. The molecule has 0 aromatic rings. The number of amides is 1. The Bertz CT molecular complexity index is 154. The molecule has 0 heterocycles. The SMILES string of the molecule is CNC(=O)C1=CCCC1.[HH]. The van der Waals surface area contributed by atoms with E-state index in [4.69, 9.17) is 0 Å². The number of hydrogen-bond acceptors (Lipinski definition) is 1. The number of nitrogens with one attached hydrogen (secondary N) is 1. The van der Waals surface area contributed by atoms with E-state index in [1.54, 1.807) is 7.05 Å². The average molecular weight is 127 g/mol. The first-order chi connectivity index (χ1) is 4.34. The molecule has 0 saturated carbocycles. The highest BCUT2D eigenvalue weighted by Crippen LogP contribution is 2.16. The van der Waals surface area contributed by atoms with Gasteiger partial charge in [-0.2, -0.15) is 0 Å². The van der Waals surface area contributed by atoms with Crippen molar-refractivity contribution in [2.75, 3.05) is 7.05 Å². The quantitative estimate of drug-likeness (QED) is 0.561.